The molecule has 5 nitrogen and oxygen atoms in total. The molecule has 2 aliphatic heterocycles. The van der Waals surface area contributed by atoms with Gasteiger partial charge in [0.1, 0.15) is 0 Å². The Morgan fingerprint density at radius 1 is 1.04 bits per heavy atom. The quantitative estimate of drug-likeness (QED) is 0.746. The van der Waals surface area contributed by atoms with Crippen molar-refractivity contribution < 1.29 is 0 Å². The Bertz CT molecular complexity index is 913. The highest BCUT2D eigenvalue weighted by Gasteiger charge is 2.40. The zero-order chi connectivity index (χ0) is 18.8. The normalized spacial score (nSPS) is 22.3. The maximum absolute atomic E-state index is 4.94. The Hall–Kier alpha value is -2.50. The molecule has 1 aromatic carbocycles. The van der Waals surface area contributed by atoms with Crippen LogP contribution in [0.25, 0.3) is 11.3 Å². The number of likely N-dealkylation sites (tertiary alicyclic amines) is 1. The van der Waals surface area contributed by atoms with Crippen LogP contribution < -0.4 is 5.32 Å². The molecule has 0 saturated carbocycles. The molecule has 3 aromatic rings. The van der Waals surface area contributed by atoms with Gasteiger partial charge in [0.15, 0.2) is 0 Å². The zero-order valence-corrected chi connectivity index (χ0v) is 16.2. The van der Waals surface area contributed by atoms with Crippen molar-refractivity contribution in [3.63, 3.8) is 0 Å². The van der Waals surface area contributed by atoms with Gasteiger partial charge in [-0.05, 0) is 49.0 Å². The average Bonchev–Trinajstić information content (AvgIpc) is 3.46. The molecule has 5 heteroatoms. The second-order valence-corrected chi connectivity index (χ2v) is 8.32. The number of pyridine rings is 1. The number of aromatic nitrogens is 3. The molecule has 28 heavy (non-hydrogen) atoms. The van der Waals surface area contributed by atoms with Crippen LogP contribution in [-0.4, -0.2) is 45.8 Å². The van der Waals surface area contributed by atoms with Crippen LogP contribution in [0, 0.1) is 5.41 Å². The molecule has 2 saturated heterocycles. The summed E-state index contributed by atoms with van der Waals surface area (Å²) in [5, 5.41) is 8.50. The minimum absolute atomic E-state index is 0.495. The standard InChI is InChI=1S/C23H27N5/c1-2-5-19(6-3-1)14-28-16-21(22(26-28)20-7-4-10-24-13-20)15-27-12-9-23(18-27)8-11-25-17-23/h1-7,10,13,16,25H,8-9,11-12,14-15,17-18H2. The molecule has 2 aliphatic rings. The minimum Gasteiger partial charge on any atom is -0.316 e. The fraction of sp³-hybridized carbons (Fsp3) is 0.391. The van der Waals surface area contributed by atoms with Gasteiger partial charge in [0.05, 0.1) is 12.2 Å². The van der Waals surface area contributed by atoms with E-state index in [9.17, 15) is 0 Å². The number of hydrogen-bond acceptors (Lipinski definition) is 4. The molecule has 2 aromatic heterocycles. The van der Waals surface area contributed by atoms with Crippen molar-refractivity contribution in [2.45, 2.75) is 25.9 Å². The Morgan fingerprint density at radius 2 is 1.96 bits per heavy atom. The maximum atomic E-state index is 4.94. The van der Waals surface area contributed by atoms with Gasteiger partial charge < -0.3 is 5.32 Å². The van der Waals surface area contributed by atoms with Crippen LogP contribution in [0.2, 0.25) is 0 Å². The first-order valence-corrected chi connectivity index (χ1v) is 10.2. The van der Waals surface area contributed by atoms with Crippen molar-refractivity contribution in [3.8, 4) is 11.3 Å². The molecule has 1 atom stereocenters. The summed E-state index contributed by atoms with van der Waals surface area (Å²) < 4.78 is 2.08. The van der Waals surface area contributed by atoms with Gasteiger partial charge in [0, 0.05) is 49.4 Å². The smallest absolute Gasteiger partial charge is 0.0983 e. The van der Waals surface area contributed by atoms with E-state index < -0.39 is 0 Å². The molecule has 1 N–H and O–H groups in total. The molecule has 4 heterocycles. The SMILES string of the molecule is c1ccc(Cn2cc(CN3CCC4(CCNC4)C3)c(-c3cccnc3)n2)cc1. The molecule has 0 amide bonds. The molecule has 5 rings (SSSR count). The van der Waals surface area contributed by atoms with Crippen LogP contribution in [0.4, 0.5) is 0 Å². The predicted molar refractivity (Wildman–Crippen MR) is 111 cm³/mol. The number of benzene rings is 1. The van der Waals surface area contributed by atoms with Gasteiger partial charge in [0.25, 0.3) is 0 Å². The van der Waals surface area contributed by atoms with E-state index >= 15 is 0 Å². The maximum Gasteiger partial charge on any atom is 0.0983 e. The van der Waals surface area contributed by atoms with E-state index in [1.54, 1.807) is 0 Å². The van der Waals surface area contributed by atoms with Gasteiger partial charge in [-0.1, -0.05) is 30.3 Å². The van der Waals surface area contributed by atoms with Gasteiger partial charge in [0.2, 0.25) is 0 Å². The molecule has 0 aliphatic carbocycles. The highest BCUT2D eigenvalue weighted by Crippen LogP contribution is 2.37. The highest BCUT2D eigenvalue weighted by molar-refractivity contribution is 5.61. The molecule has 144 valence electrons. The third kappa shape index (κ3) is 3.60. The van der Waals surface area contributed by atoms with Crippen LogP contribution >= 0.6 is 0 Å². The fourth-order valence-electron chi connectivity index (χ4n) is 4.72. The van der Waals surface area contributed by atoms with E-state index in [2.05, 4.69) is 62.5 Å². The van der Waals surface area contributed by atoms with E-state index in [0.717, 1.165) is 24.3 Å². The number of rotatable bonds is 5. The monoisotopic (exact) mass is 373 g/mol. The van der Waals surface area contributed by atoms with Crippen LogP contribution in [-0.2, 0) is 13.1 Å². The fourth-order valence-corrected chi connectivity index (χ4v) is 4.72. The predicted octanol–water partition coefficient (Wildman–Crippen LogP) is 3.18. The van der Waals surface area contributed by atoms with Gasteiger partial charge in [-0.25, -0.2) is 0 Å². The Kier molecular flexibility index (Phi) is 4.71. The Morgan fingerprint density at radius 3 is 2.75 bits per heavy atom. The number of hydrogen-bond donors (Lipinski definition) is 1. The van der Waals surface area contributed by atoms with Crippen molar-refractivity contribution in [1.29, 1.82) is 0 Å². The molecule has 1 spiro atoms. The van der Waals surface area contributed by atoms with E-state index in [1.807, 2.05) is 18.5 Å². The summed E-state index contributed by atoms with van der Waals surface area (Å²) >= 11 is 0. The Balaban J connectivity index is 1.40. The van der Waals surface area contributed by atoms with Crippen molar-refractivity contribution in [1.82, 2.24) is 25.0 Å². The summed E-state index contributed by atoms with van der Waals surface area (Å²) in [6.07, 6.45) is 8.59. The molecule has 1 unspecified atom stereocenters. The van der Waals surface area contributed by atoms with E-state index in [4.69, 9.17) is 5.10 Å². The van der Waals surface area contributed by atoms with Crippen molar-refractivity contribution in [2.24, 2.45) is 5.41 Å². The molecule has 0 radical (unpaired) electrons. The summed E-state index contributed by atoms with van der Waals surface area (Å²) in [6, 6.07) is 14.6. The van der Waals surface area contributed by atoms with Crippen LogP contribution in [0.15, 0.2) is 61.1 Å². The average molecular weight is 374 g/mol. The summed E-state index contributed by atoms with van der Waals surface area (Å²) in [6.45, 7) is 6.47. The van der Waals surface area contributed by atoms with Crippen molar-refractivity contribution in [3.05, 3.63) is 72.2 Å². The number of nitrogens with one attached hydrogen (secondary N) is 1. The lowest BCUT2D eigenvalue weighted by Crippen LogP contribution is -2.29. The van der Waals surface area contributed by atoms with Gasteiger partial charge in [-0.3, -0.25) is 14.6 Å². The summed E-state index contributed by atoms with van der Waals surface area (Å²) in [5.41, 5.74) is 5.22. The lowest BCUT2D eigenvalue weighted by atomic mass is 9.86. The second kappa shape index (κ2) is 7.49. The van der Waals surface area contributed by atoms with Gasteiger partial charge >= 0.3 is 0 Å². The Labute approximate surface area is 166 Å². The van der Waals surface area contributed by atoms with Crippen LogP contribution in [0.3, 0.4) is 0 Å². The topological polar surface area (TPSA) is 46.0 Å². The third-order valence-electron chi connectivity index (χ3n) is 6.20. The first kappa shape index (κ1) is 17.6. The zero-order valence-electron chi connectivity index (χ0n) is 16.2. The third-order valence-corrected chi connectivity index (χ3v) is 6.20. The van der Waals surface area contributed by atoms with Crippen LogP contribution in [0.5, 0.6) is 0 Å². The van der Waals surface area contributed by atoms with E-state index in [0.29, 0.717) is 5.41 Å². The molecular weight excluding hydrogens is 346 g/mol. The summed E-state index contributed by atoms with van der Waals surface area (Å²) in [5.74, 6) is 0. The van der Waals surface area contributed by atoms with Crippen LogP contribution in [0.1, 0.15) is 24.0 Å². The molecule has 2 fully saturated rings. The van der Waals surface area contributed by atoms with E-state index in [1.165, 1.54) is 50.1 Å². The minimum atomic E-state index is 0.495. The van der Waals surface area contributed by atoms with Crippen molar-refractivity contribution >= 4 is 0 Å². The molecular formula is C23H27N5. The summed E-state index contributed by atoms with van der Waals surface area (Å²) in [7, 11) is 0. The highest BCUT2D eigenvalue weighted by atomic mass is 15.3. The first-order valence-electron chi connectivity index (χ1n) is 10.2. The van der Waals surface area contributed by atoms with Crippen molar-refractivity contribution in [2.75, 3.05) is 26.2 Å². The second-order valence-electron chi connectivity index (χ2n) is 8.32. The van der Waals surface area contributed by atoms with E-state index in [-0.39, 0.29) is 0 Å². The van der Waals surface area contributed by atoms with Gasteiger partial charge in [-0.2, -0.15) is 5.10 Å². The lowest BCUT2D eigenvalue weighted by molar-refractivity contribution is 0.269. The number of nitrogens with zero attached hydrogens (tertiary/aromatic N) is 4. The largest absolute Gasteiger partial charge is 0.316 e. The molecule has 0 bridgehead atoms. The summed E-state index contributed by atoms with van der Waals surface area (Å²) in [4.78, 5) is 6.92. The lowest BCUT2D eigenvalue weighted by Gasteiger charge is -2.22. The first-order chi connectivity index (χ1) is 13.8. The van der Waals surface area contributed by atoms with Gasteiger partial charge in [-0.15, -0.1) is 0 Å².